The lowest BCUT2D eigenvalue weighted by molar-refractivity contribution is 0.0685. The number of tetrazole rings is 1. The average Bonchev–Trinajstić information content (AvgIpc) is 3.46. The van der Waals surface area contributed by atoms with E-state index >= 15 is 0 Å². The quantitative estimate of drug-likeness (QED) is 0.443. The third kappa shape index (κ3) is 4.18. The fraction of sp³-hybridized carbons (Fsp3) is 0.200. The van der Waals surface area contributed by atoms with Gasteiger partial charge < -0.3 is 10.0 Å². The zero-order valence-electron chi connectivity index (χ0n) is 16.2. The maximum Gasteiger partial charge on any atom is 0.375 e. The monoisotopic (exact) mass is 421 g/mol. The van der Waals surface area contributed by atoms with Crippen LogP contribution in [0.25, 0.3) is 22.5 Å². The third-order valence-electron chi connectivity index (χ3n) is 4.52. The Balaban J connectivity index is 1.57. The van der Waals surface area contributed by atoms with Crippen molar-refractivity contribution >= 4 is 22.6 Å². The van der Waals surface area contributed by atoms with Crippen LogP contribution in [0.15, 0.2) is 48.5 Å². The third-order valence-corrected chi connectivity index (χ3v) is 5.30. The molecule has 0 atom stereocenters. The molecule has 4 aromatic rings. The number of aromatic amines is 1. The first-order valence-corrected chi connectivity index (χ1v) is 10.2. The Kier molecular flexibility index (Phi) is 5.75. The van der Waals surface area contributed by atoms with E-state index in [4.69, 9.17) is 5.11 Å². The second-order valence-electron chi connectivity index (χ2n) is 6.61. The molecular formula is C20H19N7O2S. The summed E-state index contributed by atoms with van der Waals surface area (Å²) in [6, 6.07) is 16.1. The van der Waals surface area contributed by atoms with E-state index in [9.17, 15) is 4.79 Å². The molecule has 0 saturated heterocycles. The number of nitrogens with one attached hydrogen (secondary N) is 1. The molecule has 2 aromatic heterocycles. The lowest BCUT2D eigenvalue weighted by Crippen LogP contribution is -2.23. The van der Waals surface area contributed by atoms with Gasteiger partial charge in [0.2, 0.25) is 11.0 Å². The molecule has 9 nitrogen and oxygen atoms in total. The molecule has 0 radical (unpaired) electrons. The van der Waals surface area contributed by atoms with Gasteiger partial charge in [0.05, 0.1) is 0 Å². The standard InChI is InChI=1S/C20H19N7O2S/c1-2-11-27(20-21-18(19(28)29)24-30-20)12-13-7-9-14(10-8-13)15-5-3-4-6-16(15)17-22-25-26-23-17/h3-10H,2,11-12H2,1H3,(H,28,29)(H,22,23,25,26). The van der Waals surface area contributed by atoms with Crippen molar-refractivity contribution in [3.63, 3.8) is 0 Å². The van der Waals surface area contributed by atoms with Gasteiger partial charge in [-0.25, -0.2) is 4.79 Å². The first-order chi connectivity index (χ1) is 14.7. The van der Waals surface area contributed by atoms with Crippen LogP contribution in [0.5, 0.6) is 0 Å². The minimum absolute atomic E-state index is 0.162. The number of aromatic carboxylic acids is 1. The lowest BCUT2D eigenvalue weighted by Gasteiger charge is -2.21. The zero-order valence-corrected chi connectivity index (χ0v) is 17.0. The summed E-state index contributed by atoms with van der Waals surface area (Å²) in [6.45, 7) is 3.45. The number of carbonyl (C=O) groups is 1. The van der Waals surface area contributed by atoms with Gasteiger partial charge in [0.15, 0.2) is 0 Å². The molecule has 0 fully saturated rings. The van der Waals surface area contributed by atoms with Crippen molar-refractivity contribution < 1.29 is 9.90 Å². The summed E-state index contributed by atoms with van der Waals surface area (Å²) in [5.41, 5.74) is 4.06. The van der Waals surface area contributed by atoms with Crippen molar-refractivity contribution in [2.45, 2.75) is 19.9 Å². The van der Waals surface area contributed by atoms with Crippen LogP contribution in [0, 0.1) is 0 Å². The van der Waals surface area contributed by atoms with Crippen molar-refractivity contribution in [1.82, 2.24) is 30.0 Å². The molecule has 30 heavy (non-hydrogen) atoms. The molecule has 0 amide bonds. The first kappa shape index (κ1) is 19.6. The van der Waals surface area contributed by atoms with Crippen LogP contribution in [-0.2, 0) is 6.54 Å². The van der Waals surface area contributed by atoms with Crippen LogP contribution in [0.4, 0.5) is 5.13 Å². The van der Waals surface area contributed by atoms with Crippen molar-refractivity contribution in [2.75, 3.05) is 11.4 Å². The topological polar surface area (TPSA) is 121 Å². The highest BCUT2D eigenvalue weighted by molar-refractivity contribution is 7.09. The van der Waals surface area contributed by atoms with Gasteiger partial charge in [-0.3, -0.25) is 0 Å². The van der Waals surface area contributed by atoms with Gasteiger partial charge in [-0.15, -0.1) is 10.2 Å². The Labute approximate surface area is 176 Å². The molecule has 152 valence electrons. The summed E-state index contributed by atoms with van der Waals surface area (Å²) >= 11 is 1.11. The van der Waals surface area contributed by atoms with Crippen molar-refractivity contribution in [3.05, 3.63) is 59.9 Å². The lowest BCUT2D eigenvalue weighted by atomic mass is 9.98. The smallest absolute Gasteiger partial charge is 0.375 e. The van der Waals surface area contributed by atoms with Crippen molar-refractivity contribution in [3.8, 4) is 22.5 Å². The van der Waals surface area contributed by atoms with Crippen molar-refractivity contribution in [2.24, 2.45) is 0 Å². The van der Waals surface area contributed by atoms with Crippen LogP contribution in [0.2, 0.25) is 0 Å². The summed E-state index contributed by atoms with van der Waals surface area (Å²) in [5.74, 6) is -0.725. The van der Waals surface area contributed by atoms with Crippen LogP contribution in [-0.4, -0.2) is 47.6 Å². The normalized spacial score (nSPS) is 10.8. The molecule has 2 heterocycles. The maximum absolute atomic E-state index is 11.1. The molecule has 0 saturated carbocycles. The molecule has 0 unspecified atom stereocenters. The molecule has 10 heteroatoms. The zero-order chi connectivity index (χ0) is 20.9. The average molecular weight is 421 g/mol. The van der Waals surface area contributed by atoms with Crippen molar-refractivity contribution in [1.29, 1.82) is 0 Å². The highest BCUT2D eigenvalue weighted by Gasteiger charge is 2.16. The number of aromatic nitrogens is 6. The van der Waals surface area contributed by atoms with Crippen LogP contribution in [0.3, 0.4) is 0 Å². The van der Waals surface area contributed by atoms with E-state index in [2.05, 4.69) is 61.2 Å². The fourth-order valence-electron chi connectivity index (χ4n) is 3.16. The highest BCUT2D eigenvalue weighted by Crippen LogP contribution is 2.30. The van der Waals surface area contributed by atoms with E-state index < -0.39 is 5.97 Å². The summed E-state index contributed by atoms with van der Waals surface area (Å²) < 4.78 is 3.92. The van der Waals surface area contributed by atoms with Gasteiger partial charge in [0.1, 0.15) is 0 Å². The predicted molar refractivity (Wildman–Crippen MR) is 113 cm³/mol. The van der Waals surface area contributed by atoms with E-state index in [0.29, 0.717) is 17.5 Å². The van der Waals surface area contributed by atoms with Crippen LogP contribution < -0.4 is 4.90 Å². The largest absolute Gasteiger partial charge is 0.475 e. The van der Waals surface area contributed by atoms with E-state index in [1.165, 1.54) is 0 Å². The maximum atomic E-state index is 11.1. The Bertz CT molecular complexity index is 1130. The predicted octanol–water partition coefficient (Wildman–Crippen LogP) is 3.50. The van der Waals surface area contributed by atoms with Gasteiger partial charge in [0, 0.05) is 30.2 Å². The van der Waals surface area contributed by atoms with Gasteiger partial charge in [-0.1, -0.05) is 55.5 Å². The molecule has 4 rings (SSSR count). The number of benzene rings is 2. The molecule has 2 N–H and O–H groups in total. The Morgan fingerprint density at radius 2 is 1.90 bits per heavy atom. The SMILES string of the molecule is CCCN(Cc1ccc(-c2ccccc2-c2nn[nH]n2)cc1)c1nc(C(=O)O)ns1. The van der Waals surface area contributed by atoms with Gasteiger partial charge >= 0.3 is 5.97 Å². The summed E-state index contributed by atoms with van der Waals surface area (Å²) in [7, 11) is 0. The molecule has 0 spiro atoms. The number of hydrogen-bond acceptors (Lipinski definition) is 8. The van der Waals surface area contributed by atoms with Gasteiger partial charge in [-0.05, 0) is 28.3 Å². The minimum Gasteiger partial charge on any atom is -0.475 e. The molecule has 0 aliphatic carbocycles. The number of H-pyrrole nitrogens is 1. The molecule has 0 bridgehead atoms. The minimum atomic E-state index is -1.11. The van der Waals surface area contributed by atoms with E-state index in [1.807, 2.05) is 29.2 Å². The Morgan fingerprint density at radius 3 is 2.53 bits per heavy atom. The van der Waals surface area contributed by atoms with Crippen LogP contribution in [0.1, 0.15) is 29.5 Å². The summed E-state index contributed by atoms with van der Waals surface area (Å²) in [5, 5.41) is 24.0. The number of anilines is 1. The van der Waals surface area contributed by atoms with Gasteiger partial charge in [-0.2, -0.15) is 14.6 Å². The number of nitrogens with zero attached hydrogens (tertiary/aromatic N) is 6. The molecule has 2 aromatic carbocycles. The van der Waals surface area contributed by atoms with Crippen LogP contribution >= 0.6 is 11.5 Å². The molecule has 0 aliphatic rings. The van der Waals surface area contributed by atoms with E-state index in [0.717, 1.165) is 46.8 Å². The fourth-order valence-corrected chi connectivity index (χ4v) is 3.84. The highest BCUT2D eigenvalue weighted by atomic mass is 32.1. The molecular weight excluding hydrogens is 402 g/mol. The second kappa shape index (κ2) is 8.78. The molecule has 0 aliphatic heterocycles. The Hall–Kier alpha value is -3.66. The number of carboxylic acids is 1. The number of hydrogen-bond donors (Lipinski definition) is 2. The summed E-state index contributed by atoms with van der Waals surface area (Å²) in [6.07, 6.45) is 0.915. The first-order valence-electron chi connectivity index (χ1n) is 9.40. The van der Waals surface area contributed by atoms with Gasteiger partial charge in [0.25, 0.3) is 5.82 Å². The number of carboxylic acid groups (broad SMARTS) is 1. The van der Waals surface area contributed by atoms with E-state index in [-0.39, 0.29) is 5.82 Å². The Morgan fingerprint density at radius 1 is 1.13 bits per heavy atom. The second-order valence-corrected chi connectivity index (χ2v) is 7.34. The summed E-state index contributed by atoms with van der Waals surface area (Å²) in [4.78, 5) is 17.3. The number of rotatable bonds is 8. The van der Waals surface area contributed by atoms with E-state index in [1.54, 1.807) is 0 Å².